The normalized spacial score (nSPS) is 11.3. The average Bonchev–Trinajstić information content (AvgIpc) is 2.42. The van der Waals surface area contributed by atoms with Gasteiger partial charge in [-0.15, -0.1) is 11.6 Å². The lowest BCUT2D eigenvalue weighted by Gasteiger charge is -2.05. The Balaban J connectivity index is 3.34. The molecule has 0 unspecified atom stereocenters. The van der Waals surface area contributed by atoms with Crippen LogP contribution in [0, 0.1) is 18.6 Å². The van der Waals surface area contributed by atoms with Crippen LogP contribution in [0.2, 0.25) is 0 Å². The van der Waals surface area contributed by atoms with Gasteiger partial charge in [0.05, 0.1) is 13.0 Å². The molecule has 0 aliphatic heterocycles. The molecule has 0 radical (unpaired) electrons. The number of ether oxygens (including phenoxy) is 1. The van der Waals surface area contributed by atoms with Gasteiger partial charge in [-0.3, -0.25) is 4.79 Å². The van der Waals surface area contributed by atoms with Gasteiger partial charge in [-0.05, 0) is 18.6 Å². The number of carbonyl (C=O) groups is 2. The van der Waals surface area contributed by atoms with E-state index in [1.807, 2.05) is 0 Å². The number of hydrogen-bond acceptors (Lipinski definition) is 3. The van der Waals surface area contributed by atoms with E-state index in [-0.39, 0.29) is 11.1 Å². The summed E-state index contributed by atoms with van der Waals surface area (Å²) in [6.07, 6.45) is 0.925. The lowest BCUT2D eigenvalue weighted by atomic mass is 10.1. The molecule has 0 heterocycles. The number of methoxy groups -OCH3 is 1. The fraction of sp³-hybridized carbons (Fsp3) is 0.231. The molecule has 0 aromatic heterocycles. The first-order chi connectivity index (χ1) is 8.92. The number of aryl methyl sites for hydroxylation is 1. The minimum absolute atomic E-state index is 0.123. The Morgan fingerprint density at radius 2 is 1.95 bits per heavy atom. The zero-order valence-corrected chi connectivity index (χ0v) is 11.1. The molecule has 19 heavy (non-hydrogen) atoms. The van der Waals surface area contributed by atoms with E-state index in [0.717, 1.165) is 13.2 Å². The molecule has 102 valence electrons. The van der Waals surface area contributed by atoms with E-state index in [9.17, 15) is 18.4 Å². The number of hydrogen-bond donors (Lipinski definition) is 0. The minimum atomic E-state index is -1.14. The summed E-state index contributed by atoms with van der Waals surface area (Å²) >= 11 is 5.34. The molecule has 1 aromatic carbocycles. The van der Waals surface area contributed by atoms with E-state index < -0.39 is 34.8 Å². The number of esters is 1. The van der Waals surface area contributed by atoms with Crippen LogP contribution < -0.4 is 0 Å². The third kappa shape index (κ3) is 3.38. The van der Waals surface area contributed by atoms with Gasteiger partial charge in [0.1, 0.15) is 5.57 Å². The molecule has 0 saturated heterocycles. The predicted octanol–water partition coefficient (Wildman–Crippen LogP) is 2.64. The summed E-state index contributed by atoms with van der Waals surface area (Å²) in [5.41, 5.74) is -0.528. The van der Waals surface area contributed by atoms with E-state index in [1.54, 1.807) is 0 Å². The molecule has 0 bridgehead atoms. The first-order valence-corrected chi connectivity index (χ1v) is 5.79. The summed E-state index contributed by atoms with van der Waals surface area (Å²) in [6.45, 7) is 1.40. The van der Waals surface area contributed by atoms with Crippen LogP contribution in [0.1, 0.15) is 11.1 Å². The molecule has 0 N–H and O–H groups in total. The van der Waals surface area contributed by atoms with Gasteiger partial charge in [-0.25, -0.2) is 13.6 Å². The van der Waals surface area contributed by atoms with Gasteiger partial charge in [-0.1, -0.05) is 12.1 Å². The van der Waals surface area contributed by atoms with Gasteiger partial charge >= 0.3 is 5.97 Å². The van der Waals surface area contributed by atoms with E-state index in [0.29, 0.717) is 0 Å². The lowest BCUT2D eigenvalue weighted by molar-refractivity contribution is -0.137. The Morgan fingerprint density at radius 3 is 2.47 bits per heavy atom. The van der Waals surface area contributed by atoms with Crippen LogP contribution >= 0.6 is 11.6 Å². The van der Waals surface area contributed by atoms with Crippen LogP contribution in [0.3, 0.4) is 0 Å². The largest absolute Gasteiger partial charge is 0.465 e. The van der Waals surface area contributed by atoms with E-state index in [4.69, 9.17) is 11.6 Å². The van der Waals surface area contributed by atoms with Crippen molar-refractivity contribution < 1.29 is 23.1 Å². The van der Waals surface area contributed by atoms with Crippen molar-refractivity contribution in [3.63, 3.8) is 0 Å². The SMILES string of the molecule is COC(=O)/C(=C\c1ccc(C)c(F)c1F)C(=O)CCl. The fourth-order valence-electron chi connectivity index (χ4n) is 1.36. The van der Waals surface area contributed by atoms with Gasteiger partial charge in [0.25, 0.3) is 0 Å². The summed E-state index contributed by atoms with van der Waals surface area (Å²) in [7, 11) is 1.07. The average molecular weight is 289 g/mol. The fourth-order valence-corrected chi connectivity index (χ4v) is 1.51. The molecule has 0 aliphatic carbocycles. The van der Waals surface area contributed by atoms with Crippen molar-refractivity contribution in [3.05, 3.63) is 40.5 Å². The van der Waals surface area contributed by atoms with Crippen molar-refractivity contribution in [1.29, 1.82) is 0 Å². The Bertz CT molecular complexity index is 535. The number of rotatable bonds is 4. The van der Waals surface area contributed by atoms with Crippen LogP contribution in [0.25, 0.3) is 6.08 Å². The van der Waals surface area contributed by atoms with Crippen LogP contribution in [0.4, 0.5) is 8.78 Å². The second kappa shape index (κ2) is 6.43. The number of carbonyl (C=O) groups excluding carboxylic acids is 2. The third-order valence-corrected chi connectivity index (χ3v) is 2.67. The van der Waals surface area contributed by atoms with E-state index in [1.165, 1.54) is 19.1 Å². The highest BCUT2D eigenvalue weighted by molar-refractivity contribution is 6.35. The molecule has 0 fully saturated rings. The van der Waals surface area contributed by atoms with Gasteiger partial charge in [0, 0.05) is 5.56 Å². The highest BCUT2D eigenvalue weighted by Crippen LogP contribution is 2.19. The predicted molar refractivity (Wildman–Crippen MR) is 66.8 cm³/mol. The molecule has 0 amide bonds. The van der Waals surface area contributed by atoms with Crippen LogP contribution in [0.5, 0.6) is 0 Å². The van der Waals surface area contributed by atoms with Crippen molar-refractivity contribution in [2.75, 3.05) is 13.0 Å². The summed E-state index contributed by atoms with van der Waals surface area (Å²) in [5, 5.41) is 0. The Labute approximate surface area is 113 Å². The van der Waals surface area contributed by atoms with E-state index >= 15 is 0 Å². The van der Waals surface area contributed by atoms with Crippen molar-refractivity contribution in [3.8, 4) is 0 Å². The monoisotopic (exact) mass is 288 g/mol. The molecule has 0 aliphatic rings. The molecule has 1 rings (SSSR count). The second-order valence-corrected chi connectivity index (χ2v) is 3.97. The molecule has 3 nitrogen and oxygen atoms in total. The van der Waals surface area contributed by atoms with Gasteiger partial charge < -0.3 is 4.74 Å². The number of Topliss-reactive ketones (excluding diaryl/α,β-unsaturated/α-hetero) is 1. The lowest BCUT2D eigenvalue weighted by Crippen LogP contribution is -2.15. The van der Waals surface area contributed by atoms with Crippen molar-refractivity contribution in [1.82, 2.24) is 0 Å². The summed E-state index contributed by atoms with van der Waals surface area (Å²) in [5.74, 6) is -4.31. The zero-order chi connectivity index (χ0) is 14.6. The molecule has 1 aromatic rings. The smallest absolute Gasteiger partial charge is 0.341 e. The highest BCUT2D eigenvalue weighted by atomic mass is 35.5. The molecule has 6 heteroatoms. The Hall–Kier alpha value is -1.75. The Kier molecular flexibility index (Phi) is 5.18. The van der Waals surface area contributed by atoms with Gasteiger partial charge in [0.2, 0.25) is 0 Å². The maximum Gasteiger partial charge on any atom is 0.341 e. The van der Waals surface area contributed by atoms with Crippen LogP contribution in [-0.4, -0.2) is 24.7 Å². The van der Waals surface area contributed by atoms with Crippen molar-refractivity contribution in [2.24, 2.45) is 0 Å². The second-order valence-electron chi connectivity index (χ2n) is 3.71. The maximum atomic E-state index is 13.6. The minimum Gasteiger partial charge on any atom is -0.465 e. The maximum absolute atomic E-state index is 13.6. The van der Waals surface area contributed by atoms with E-state index in [2.05, 4.69) is 4.74 Å². The summed E-state index contributed by atoms with van der Waals surface area (Å²) in [6, 6.07) is 2.60. The number of ketones is 1. The first-order valence-electron chi connectivity index (χ1n) is 5.26. The molecule has 0 atom stereocenters. The molecular weight excluding hydrogens is 278 g/mol. The first kappa shape index (κ1) is 15.3. The quantitative estimate of drug-likeness (QED) is 0.281. The van der Waals surface area contributed by atoms with Gasteiger partial charge in [-0.2, -0.15) is 0 Å². The van der Waals surface area contributed by atoms with Crippen LogP contribution in [-0.2, 0) is 14.3 Å². The van der Waals surface area contributed by atoms with Crippen LogP contribution in [0.15, 0.2) is 17.7 Å². The number of alkyl halides is 1. The zero-order valence-electron chi connectivity index (χ0n) is 10.3. The topological polar surface area (TPSA) is 43.4 Å². The van der Waals surface area contributed by atoms with Crippen molar-refractivity contribution >= 4 is 29.4 Å². The summed E-state index contributed by atoms with van der Waals surface area (Å²) in [4.78, 5) is 22.9. The molecule has 0 saturated carbocycles. The summed E-state index contributed by atoms with van der Waals surface area (Å²) < 4.78 is 31.4. The van der Waals surface area contributed by atoms with Crippen molar-refractivity contribution in [2.45, 2.75) is 6.92 Å². The standard InChI is InChI=1S/C13H11ClF2O3/c1-7-3-4-8(12(16)11(7)15)5-9(10(17)6-14)13(18)19-2/h3-5H,6H2,1-2H3/b9-5-. The third-order valence-electron chi connectivity index (χ3n) is 2.43. The molecular formula is C13H11ClF2O3. The number of halogens is 3. The molecule has 0 spiro atoms. The van der Waals surface area contributed by atoms with Gasteiger partial charge in [0.15, 0.2) is 17.4 Å². The Morgan fingerprint density at radius 1 is 1.32 bits per heavy atom. The number of benzene rings is 1. The highest BCUT2D eigenvalue weighted by Gasteiger charge is 2.19.